The molecule has 3 rings (SSSR count). The highest BCUT2D eigenvalue weighted by atomic mass is 16.4. The van der Waals surface area contributed by atoms with Crippen LogP contribution in [0.25, 0.3) is 0 Å². The van der Waals surface area contributed by atoms with E-state index < -0.39 is 12.0 Å². The van der Waals surface area contributed by atoms with Gasteiger partial charge in [0.05, 0.1) is 0 Å². The molecule has 1 N–H and O–H groups in total. The molecule has 0 fully saturated rings. The number of aryl methyl sites for hydroxylation is 2. The highest BCUT2D eigenvalue weighted by Crippen LogP contribution is 2.26. The summed E-state index contributed by atoms with van der Waals surface area (Å²) in [7, 11) is 0. The van der Waals surface area contributed by atoms with Crippen molar-refractivity contribution in [1.29, 1.82) is 0 Å². The van der Waals surface area contributed by atoms with Crippen molar-refractivity contribution in [2.45, 2.75) is 32.4 Å². The number of aliphatic carboxylic acids is 1. The molecule has 118 valence electrons. The van der Waals surface area contributed by atoms with Crippen molar-refractivity contribution in [1.82, 2.24) is 4.90 Å². The molecule has 0 spiro atoms. The van der Waals surface area contributed by atoms with Crippen molar-refractivity contribution in [3.63, 3.8) is 0 Å². The monoisotopic (exact) mass is 309 g/mol. The van der Waals surface area contributed by atoms with E-state index in [4.69, 9.17) is 0 Å². The summed E-state index contributed by atoms with van der Waals surface area (Å²) >= 11 is 0. The highest BCUT2D eigenvalue weighted by Gasteiger charge is 2.35. The van der Waals surface area contributed by atoms with Crippen LogP contribution in [0.2, 0.25) is 0 Å². The fourth-order valence-electron chi connectivity index (χ4n) is 3.00. The Balaban J connectivity index is 1.74. The van der Waals surface area contributed by atoms with Gasteiger partial charge in [-0.3, -0.25) is 4.79 Å². The van der Waals surface area contributed by atoms with E-state index in [1.165, 1.54) is 10.5 Å². The Morgan fingerprint density at radius 3 is 2.52 bits per heavy atom. The predicted molar refractivity (Wildman–Crippen MR) is 87.2 cm³/mol. The maximum atomic E-state index is 12.5. The Kier molecular flexibility index (Phi) is 4.15. The average molecular weight is 309 g/mol. The number of carbonyl (C=O) groups is 2. The van der Waals surface area contributed by atoms with Gasteiger partial charge < -0.3 is 10.0 Å². The number of carboxylic acid groups (broad SMARTS) is 1. The lowest BCUT2D eigenvalue weighted by molar-refractivity contribution is -0.142. The smallest absolute Gasteiger partial charge is 0.326 e. The first-order chi connectivity index (χ1) is 11.1. The van der Waals surface area contributed by atoms with Crippen LogP contribution in [-0.4, -0.2) is 27.9 Å². The first-order valence-corrected chi connectivity index (χ1v) is 7.73. The van der Waals surface area contributed by atoms with Crippen LogP contribution < -0.4 is 0 Å². The third-order valence-corrected chi connectivity index (χ3v) is 4.34. The van der Waals surface area contributed by atoms with Crippen molar-refractivity contribution in [3.05, 3.63) is 70.8 Å². The van der Waals surface area contributed by atoms with E-state index >= 15 is 0 Å². The van der Waals surface area contributed by atoms with E-state index in [-0.39, 0.29) is 5.91 Å². The predicted octanol–water partition coefficient (Wildman–Crippen LogP) is 3.04. The minimum absolute atomic E-state index is 0.183. The summed E-state index contributed by atoms with van der Waals surface area (Å²) in [5.41, 5.74) is 3.79. The normalized spacial score (nSPS) is 14.7. The maximum Gasteiger partial charge on any atom is 0.326 e. The van der Waals surface area contributed by atoms with E-state index in [9.17, 15) is 14.7 Å². The van der Waals surface area contributed by atoms with Gasteiger partial charge >= 0.3 is 5.97 Å². The van der Waals surface area contributed by atoms with Crippen LogP contribution in [0.1, 0.15) is 33.5 Å². The van der Waals surface area contributed by atoms with E-state index in [1.807, 2.05) is 49.4 Å². The summed E-state index contributed by atoms with van der Waals surface area (Å²) in [6.07, 6.45) is 1.05. The molecule has 1 aliphatic heterocycles. The zero-order valence-corrected chi connectivity index (χ0v) is 13.0. The second-order valence-corrected chi connectivity index (χ2v) is 5.97. The van der Waals surface area contributed by atoms with E-state index in [0.29, 0.717) is 24.9 Å². The zero-order chi connectivity index (χ0) is 16.4. The Hall–Kier alpha value is -2.62. The number of carboxylic acids is 1. The summed E-state index contributed by atoms with van der Waals surface area (Å²) in [5, 5.41) is 9.56. The molecule has 4 nitrogen and oxygen atoms in total. The van der Waals surface area contributed by atoms with Crippen LogP contribution in [0.5, 0.6) is 0 Å². The highest BCUT2D eigenvalue weighted by molar-refractivity contribution is 6.00. The average Bonchev–Trinajstić information content (AvgIpc) is 2.87. The molecule has 23 heavy (non-hydrogen) atoms. The Labute approximate surface area is 135 Å². The second kappa shape index (κ2) is 6.24. The minimum atomic E-state index is -0.946. The minimum Gasteiger partial charge on any atom is -0.480 e. The topological polar surface area (TPSA) is 57.6 Å². The lowest BCUT2D eigenvalue weighted by atomic mass is 10.0. The molecule has 2 aromatic carbocycles. The van der Waals surface area contributed by atoms with Crippen LogP contribution in [0.3, 0.4) is 0 Å². The van der Waals surface area contributed by atoms with E-state index in [1.54, 1.807) is 6.07 Å². The summed E-state index contributed by atoms with van der Waals surface area (Å²) in [5.74, 6) is -1.13. The molecule has 0 saturated carbocycles. The van der Waals surface area contributed by atoms with Gasteiger partial charge in [0.2, 0.25) is 0 Å². The maximum absolute atomic E-state index is 12.5. The number of hydrogen-bond donors (Lipinski definition) is 1. The number of carbonyl (C=O) groups excluding carboxylic acids is 1. The lowest BCUT2D eigenvalue weighted by Crippen LogP contribution is -2.41. The number of amides is 1. The quantitative estimate of drug-likeness (QED) is 0.923. The third-order valence-electron chi connectivity index (χ3n) is 4.34. The number of rotatable bonds is 5. The van der Waals surface area contributed by atoms with Gasteiger partial charge in [-0.05, 0) is 37.0 Å². The van der Waals surface area contributed by atoms with Gasteiger partial charge in [0, 0.05) is 12.1 Å². The number of hydrogen-bond acceptors (Lipinski definition) is 2. The van der Waals surface area contributed by atoms with Crippen LogP contribution in [-0.2, 0) is 17.8 Å². The largest absolute Gasteiger partial charge is 0.480 e. The van der Waals surface area contributed by atoms with Crippen molar-refractivity contribution < 1.29 is 14.7 Å². The summed E-state index contributed by atoms with van der Waals surface area (Å²) in [4.78, 5) is 25.6. The van der Waals surface area contributed by atoms with Crippen molar-refractivity contribution in [2.75, 3.05) is 0 Å². The lowest BCUT2D eigenvalue weighted by Gasteiger charge is -2.24. The molecule has 1 unspecified atom stereocenters. The molecule has 4 heteroatoms. The van der Waals surface area contributed by atoms with Crippen LogP contribution in [0.4, 0.5) is 0 Å². The third kappa shape index (κ3) is 3.11. The summed E-state index contributed by atoms with van der Waals surface area (Å²) in [6.45, 7) is 2.39. The van der Waals surface area contributed by atoms with E-state index in [0.717, 1.165) is 11.1 Å². The van der Waals surface area contributed by atoms with Gasteiger partial charge in [0.15, 0.2) is 0 Å². The summed E-state index contributed by atoms with van der Waals surface area (Å²) in [6, 6.07) is 14.6. The van der Waals surface area contributed by atoms with E-state index in [2.05, 4.69) is 0 Å². The molecular weight excluding hydrogens is 290 g/mol. The molecule has 0 aromatic heterocycles. The fraction of sp³-hybridized carbons (Fsp3) is 0.263. The molecule has 1 amide bonds. The van der Waals surface area contributed by atoms with Gasteiger partial charge in [-0.15, -0.1) is 0 Å². The van der Waals surface area contributed by atoms with Gasteiger partial charge in [-0.1, -0.05) is 48.0 Å². The molecule has 2 aromatic rings. The number of nitrogens with zero attached hydrogens (tertiary/aromatic N) is 1. The second-order valence-electron chi connectivity index (χ2n) is 5.97. The molecular formula is C19H19NO3. The van der Waals surface area contributed by atoms with Crippen LogP contribution in [0, 0.1) is 6.92 Å². The molecule has 0 bridgehead atoms. The summed E-state index contributed by atoms with van der Waals surface area (Å²) < 4.78 is 0. The first kappa shape index (κ1) is 15.3. The molecule has 1 aliphatic rings. The Bertz CT molecular complexity index is 737. The number of fused-ring (bicyclic) bond motifs is 1. The SMILES string of the molecule is Cc1ccc(CCC(C(=O)O)N2Cc3ccccc3C2=O)cc1. The Morgan fingerprint density at radius 2 is 1.87 bits per heavy atom. The van der Waals surface area contributed by atoms with Crippen molar-refractivity contribution in [3.8, 4) is 0 Å². The zero-order valence-electron chi connectivity index (χ0n) is 13.0. The van der Waals surface area contributed by atoms with Gasteiger partial charge in [-0.25, -0.2) is 4.79 Å². The van der Waals surface area contributed by atoms with Crippen LogP contribution in [0.15, 0.2) is 48.5 Å². The van der Waals surface area contributed by atoms with Crippen molar-refractivity contribution in [2.24, 2.45) is 0 Å². The van der Waals surface area contributed by atoms with Crippen LogP contribution >= 0.6 is 0 Å². The number of benzene rings is 2. The van der Waals surface area contributed by atoms with Gasteiger partial charge in [0.25, 0.3) is 5.91 Å². The molecule has 0 saturated heterocycles. The Morgan fingerprint density at radius 1 is 1.17 bits per heavy atom. The van der Waals surface area contributed by atoms with Crippen molar-refractivity contribution >= 4 is 11.9 Å². The first-order valence-electron chi connectivity index (χ1n) is 7.73. The van der Waals surface area contributed by atoms with Gasteiger partial charge in [-0.2, -0.15) is 0 Å². The standard InChI is InChI=1S/C19H19NO3/c1-13-6-8-14(9-7-13)10-11-17(19(22)23)20-12-15-4-2-3-5-16(15)18(20)21/h2-9,17H,10-12H2,1H3,(H,22,23). The fourth-order valence-corrected chi connectivity index (χ4v) is 3.00. The van der Waals surface area contributed by atoms with Gasteiger partial charge in [0.1, 0.15) is 6.04 Å². The molecule has 0 aliphatic carbocycles. The molecule has 0 radical (unpaired) electrons. The molecule has 1 atom stereocenters. The molecule has 1 heterocycles.